The summed E-state index contributed by atoms with van der Waals surface area (Å²) in [6.07, 6.45) is 0. The molecule has 1 aromatic heterocycles. The number of nitrogens with zero attached hydrogens (tertiary/aromatic N) is 1. The summed E-state index contributed by atoms with van der Waals surface area (Å²) in [5, 5.41) is 3.33. The summed E-state index contributed by atoms with van der Waals surface area (Å²) in [6, 6.07) is 4.13. The van der Waals surface area contributed by atoms with Crippen LogP contribution in [0.2, 0.25) is 0 Å². The zero-order valence-electron chi connectivity index (χ0n) is 5.24. The Hall–Kier alpha value is -0.150. The summed E-state index contributed by atoms with van der Waals surface area (Å²) < 4.78 is 0. The van der Waals surface area contributed by atoms with Gasteiger partial charge in [0, 0.05) is 7.05 Å². The Bertz CT molecular complexity index is 160. The Labute approximate surface area is 64.7 Å². The van der Waals surface area contributed by atoms with E-state index in [0.29, 0.717) is 0 Å². The van der Waals surface area contributed by atoms with Crippen molar-refractivity contribution in [2.75, 3.05) is 17.8 Å². The number of hydrogen-bond donors (Lipinski definition) is 1. The minimum Gasteiger partial charge on any atom is -0.358 e. The molecular weight excluding hydrogens is 150 g/mol. The van der Waals surface area contributed by atoms with Gasteiger partial charge in [0.1, 0.15) is 0 Å². The number of thiophene rings is 1. The van der Waals surface area contributed by atoms with Crippen LogP contribution in [-0.2, 0) is 0 Å². The molecule has 0 unspecified atom stereocenters. The minimum absolute atomic E-state index is 0.778. The molecule has 0 radical (unpaired) electrons. The number of anilines is 1. The molecule has 1 nitrogen and oxygen atoms in total. The highest BCUT2D eigenvalue weighted by Gasteiger charge is 1.95. The summed E-state index contributed by atoms with van der Waals surface area (Å²) in [6.45, 7) is 0. The first-order valence-electron chi connectivity index (χ1n) is 2.70. The third kappa shape index (κ3) is 1.63. The maximum atomic E-state index is 4.13. The van der Waals surface area contributed by atoms with Crippen molar-refractivity contribution in [1.82, 2.24) is 0 Å². The van der Waals surface area contributed by atoms with Crippen LogP contribution in [0.15, 0.2) is 17.5 Å². The van der Waals surface area contributed by atoms with Crippen LogP contribution in [0.4, 0.5) is 5.00 Å². The van der Waals surface area contributed by atoms with E-state index in [1.807, 2.05) is 13.1 Å². The molecule has 0 amide bonds. The van der Waals surface area contributed by atoms with Gasteiger partial charge in [-0.2, -0.15) is 12.6 Å². The fraction of sp³-hybridized carbons (Fsp3) is 0.333. The predicted octanol–water partition coefficient (Wildman–Crippen LogP) is 2.07. The Morgan fingerprint density at radius 1 is 1.78 bits per heavy atom. The molecule has 0 fully saturated rings. The molecule has 0 N–H and O–H groups in total. The minimum atomic E-state index is 0.778. The molecule has 0 aliphatic carbocycles. The van der Waals surface area contributed by atoms with E-state index in [1.54, 1.807) is 11.3 Å². The van der Waals surface area contributed by atoms with Gasteiger partial charge in [-0.15, -0.1) is 11.3 Å². The number of rotatable bonds is 2. The van der Waals surface area contributed by atoms with Gasteiger partial charge >= 0.3 is 0 Å². The second-order valence-electron chi connectivity index (χ2n) is 1.79. The Morgan fingerprint density at radius 3 is 3.00 bits per heavy atom. The first-order valence-corrected chi connectivity index (χ1v) is 4.21. The lowest BCUT2D eigenvalue weighted by Crippen LogP contribution is -2.12. The van der Waals surface area contributed by atoms with E-state index in [2.05, 4.69) is 29.0 Å². The molecule has 0 aromatic carbocycles. The van der Waals surface area contributed by atoms with Crippen molar-refractivity contribution >= 4 is 29.0 Å². The Balaban J connectivity index is 2.65. The quantitative estimate of drug-likeness (QED) is 0.511. The smallest absolute Gasteiger partial charge is 0.0912 e. The molecule has 1 rings (SSSR count). The standard InChI is InChI=1S/C6H9NS2/c1-7(5-8)6-3-2-4-9-6/h2-4,8H,5H2,1H3. The Morgan fingerprint density at radius 2 is 2.56 bits per heavy atom. The van der Waals surface area contributed by atoms with Crippen molar-refractivity contribution in [3.05, 3.63) is 17.5 Å². The second-order valence-corrected chi connectivity index (χ2v) is 3.00. The van der Waals surface area contributed by atoms with E-state index >= 15 is 0 Å². The summed E-state index contributed by atoms with van der Waals surface area (Å²) in [4.78, 5) is 2.09. The van der Waals surface area contributed by atoms with Crippen molar-refractivity contribution in [2.45, 2.75) is 0 Å². The number of hydrogen-bond acceptors (Lipinski definition) is 3. The largest absolute Gasteiger partial charge is 0.358 e. The highest BCUT2D eigenvalue weighted by molar-refractivity contribution is 7.80. The summed E-state index contributed by atoms with van der Waals surface area (Å²) in [7, 11) is 2.03. The molecule has 0 atom stereocenters. The maximum absolute atomic E-state index is 4.13. The molecule has 0 aliphatic heterocycles. The third-order valence-corrected chi connectivity index (χ3v) is 2.50. The van der Waals surface area contributed by atoms with Crippen molar-refractivity contribution in [3.63, 3.8) is 0 Å². The zero-order valence-corrected chi connectivity index (χ0v) is 6.95. The lowest BCUT2D eigenvalue weighted by atomic mass is 10.6. The molecule has 1 aromatic rings. The van der Waals surface area contributed by atoms with Crippen LogP contribution < -0.4 is 4.90 Å². The third-order valence-electron chi connectivity index (χ3n) is 1.09. The van der Waals surface area contributed by atoms with E-state index in [0.717, 1.165) is 5.88 Å². The van der Waals surface area contributed by atoms with E-state index < -0.39 is 0 Å². The molecule has 3 heteroatoms. The van der Waals surface area contributed by atoms with Crippen LogP contribution >= 0.6 is 24.0 Å². The average Bonchev–Trinajstić information content (AvgIpc) is 2.37. The topological polar surface area (TPSA) is 3.24 Å². The number of thiol groups is 1. The first-order chi connectivity index (χ1) is 4.34. The lowest BCUT2D eigenvalue weighted by molar-refractivity contribution is 1.12. The van der Waals surface area contributed by atoms with Crippen LogP contribution in [0.1, 0.15) is 0 Å². The van der Waals surface area contributed by atoms with Crippen LogP contribution in [0.25, 0.3) is 0 Å². The molecule has 0 saturated heterocycles. The summed E-state index contributed by atoms with van der Waals surface area (Å²) in [5.41, 5.74) is 0. The van der Waals surface area contributed by atoms with Gasteiger partial charge in [-0.25, -0.2) is 0 Å². The normalized spacial score (nSPS) is 9.56. The first kappa shape index (κ1) is 6.96. The molecule has 0 spiro atoms. The van der Waals surface area contributed by atoms with Gasteiger partial charge in [0.05, 0.1) is 10.9 Å². The molecule has 0 aliphatic rings. The van der Waals surface area contributed by atoms with Gasteiger partial charge in [-0.05, 0) is 17.5 Å². The van der Waals surface area contributed by atoms with Crippen LogP contribution in [-0.4, -0.2) is 12.9 Å². The molecule has 50 valence electrons. The second kappa shape index (κ2) is 3.13. The van der Waals surface area contributed by atoms with Gasteiger partial charge in [0.15, 0.2) is 0 Å². The van der Waals surface area contributed by atoms with Gasteiger partial charge in [0.2, 0.25) is 0 Å². The SMILES string of the molecule is CN(CS)c1cccs1. The average molecular weight is 159 g/mol. The maximum Gasteiger partial charge on any atom is 0.0912 e. The summed E-state index contributed by atoms with van der Waals surface area (Å²) >= 11 is 5.87. The van der Waals surface area contributed by atoms with E-state index in [9.17, 15) is 0 Å². The molecule has 9 heavy (non-hydrogen) atoms. The summed E-state index contributed by atoms with van der Waals surface area (Å²) in [5.74, 6) is 0.778. The van der Waals surface area contributed by atoms with Crippen molar-refractivity contribution in [2.24, 2.45) is 0 Å². The fourth-order valence-corrected chi connectivity index (χ4v) is 1.50. The van der Waals surface area contributed by atoms with Crippen LogP contribution in [0.5, 0.6) is 0 Å². The van der Waals surface area contributed by atoms with E-state index in [-0.39, 0.29) is 0 Å². The lowest BCUT2D eigenvalue weighted by Gasteiger charge is -2.11. The molecule has 0 bridgehead atoms. The monoisotopic (exact) mass is 159 g/mol. The van der Waals surface area contributed by atoms with Crippen LogP contribution in [0, 0.1) is 0 Å². The van der Waals surface area contributed by atoms with Gasteiger partial charge in [-0.3, -0.25) is 0 Å². The van der Waals surface area contributed by atoms with Crippen molar-refractivity contribution in [1.29, 1.82) is 0 Å². The molecular formula is C6H9NS2. The molecule has 1 heterocycles. The zero-order chi connectivity index (χ0) is 6.69. The predicted molar refractivity (Wildman–Crippen MR) is 46.6 cm³/mol. The van der Waals surface area contributed by atoms with Crippen molar-refractivity contribution < 1.29 is 0 Å². The molecule has 0 saturated carbocycles. The highest BCUT2D eigenvalue weighted by atomic mass is 32.1. The fourth-order valence-electron chi connectivity index (χ4n) is 0.557. The van der Waals surface area contributed by atoms with E-state index in [4.69, 9.17) is 0 Å². The van der Waals surface area contributed by atoms with Crippen LogP contribution in [0.3, 0.4) is 0 Å². The van der Waals surface area contributed by atoms with Gasteiger partial charge < -0.3 is 4.90 Å². The highest BCUT2D eigenvalue weighted by Crippen LogP contribution is 2.19. The van der Waals surface area contributed by atoms with Crippen molar-refractivity contribution in [3.8, 4) is 0 Å². The Kier molecular flexibility index (Phi) is 2.42. The van der Waals surface area contributed by atoms with Gasteiger partial charge in [-0.1, -0.05) is 0 Å². The van der Waals surface area contributed by atoms with E-state index in [1.165, 1.54) is 5.00 Å². The van der Waals surface area contributed by atoms with Gasteiger partial charge in [0.25, 0.3) is 0 Å².